The Kier molecular flexibility index (Phi) is 5.33. The first-order chi connectivity index (χ1) is 10.4. The molecule has 120 valence electrons. The fraction of sp³-hybridized carbons (Fsp3) is 0.400. The van der Waals surface area contributed by atoms with Gasteiger partial charge >= 0.3 is 0 Å². The van der Waals surface area contributed by atoms with Crippen molar-refractivity contribution in [2.45, 2.75) is 31.2 Å². The third-order valence-electron chi connectivity index (χ3n) is 3.19. The second kappa shape index (κ2) is 7.04. The summed E-state index contributed by atoms with van der Waals surface area (Å²) >= 11 is 0. The molecule has 1 heterocycles. The highest BCUT2D eigenvalue weighted by Crippen LogP contribution is 2.20. The van der Waals surface area contributed by atoms with E-state index in [0.717, 1.165) is 5.56 Å². The van der Waals surface area contributed by atoms with Crippen molar-refractivity contribution in [1.82, 2.24) is 9.71 Å². The van der Waals surface area contributed by atoms with Gasteiger partial charge in [-0.05, 0) is 25.5 Å². The quantitative estimate of drug-likeness (QED) is 0.845. The van der Waals surface area contributed by atoms with Gasteiger partial charge in [0.2, 0.25) is 10.0 Å². The zero-order chi connectivity index (χ0) is 16.2. The summed E-state index contributed by atoms with van der Waals surface area (Å²) in [4.78, 5) is 4.43. The SMILES string of the molecule is COCCC(C)NS(=O)(=O)c1ccc(-c2coc(C)n2)cc1. The molecule has 0 aliphatic carbocycles. The number of nitrogens with one attached hydrogen (secondary N) is 1. The number of ether oxygens (including phenoxy) is 1. The lowest BCUT2D eigenvalue weighted by molar-refractivity contribution is 0.188. The van der Waals surface area contributed by atoms with Gasteiger partial charge in [0, 0.05) is 32.2 Å². The normalized spacial score (nSPS) is 13.2. The van der Waals surface area contributed by atoms with Crippen LogP contribution < -0.4 is 4.72 Å². The van der Waals surface area contributed by atoms with E-state index < -0.39 is 10.0 Å². The summed E-state index contributed by atoms with van der Waals surface area (Å²) in [5.74, 6) is 0.570. The van der Waals surface area contributed by atoms with Gasteiger partial charge in [-0.3, -0.25) is 0 Å². The maximum absolute atomic E-state index is 12.3. The number of aryl methyl sites for hydroxylation is 1. The summed E-state index contributed by atoms with van der Waals surface area (Å²) in [7, 11) is -1.94. The van der Waals surface area contributed by atoms with Crippen LogP contribution in [0.5, 0.6) is 0 Å². The van der Waals surface area contributed by atoms with Crippen LogP contribution in [-0.4, -0.2) is 33.2 Å². The molecule has 0 aliphatic rings. The Hall–Kier alpha value is -1.70. The average Bonchev–Trinajstić information content (AvgIpc) is 2.91. The molecule has 7 heteroatoms. The Morgan fingerprint density at radius 3 is 2.55 bits per heavy atom. The lowest BCUT2D eigenvalue weighted by Gasteiger charge is -2.13. The largest absolute Gasteiger partial charge is 0.449 e. The Balaban J connectivity index is 2.12. The number of oxazole rings is 1. The molecule has 1 aromatic carbocycles. The molecule has 0 amide bonds. The number of nitrogens with zero attached hydrogens (tertiary/aromatic N) is 1. The van der Waals surface area contributed by atoms with Gasteiger partial charge in [0.25, 0.3) is 0 Å². The van der Waals surface area contributed by atoms with E-state index in [9.17, 15) is 8.42 Å². The zero-order valence-electron chi connectivity index (χ0n) is 12.9. The first kappa shape index (κ1) is 16.7. The van der Waals surface area contributed by atoms with Gasteiger partial charge < -0.3 is 9.15 Å². The minimum Gasteiger partial charge on any atom is -0.449 e. The summed E-state index contributed by atoms with van der Waals surface area (Å²) in [6, 6.07) is 6.36. The molecule has 0 saturated heterocycles. The Labute approximate surface area is 130 Å². The molecule has 22 heavy (non-hydrogen) atoms. The lowest BCUT2D eigenvalue weighted by Crippen LogP contribution is -2.33. The summed E-state index contributed by atoms with van der Waals surface area (Å²) in [6.07, 6.45) is 2.16. The van der Waals surface area contributed by atoms with Crippen LogP contribution >= 0.6 is 0 Å². The molecule has 2 aromatic rings. The van der Waals surface area contributed by atoms with Crippen LogP contribution in [0.1, 0.15) is 19.2 Å². The minimum absolute atomic E-state index is 0.192. The smallest absolute Gasteiger partial charge is 0.240 e. The fourth-order valence-corrected chi connectivity index (χ4v) is 3.27. The second-order valence-electron chi connectivity index (χ2n) is 5.08. The van der Waals surface area contributed by atoms with Gasteiger partial charge in [-0.25, -0.2) is 18.1 Å². The van der Waals surface area contributed by atoms with Crippen LogP contribution in [0.25, 0.3) is 11.3 Å². The number of rotatable bonds is 7. The minimum atomic E-state index is -3.53. The van der Waals surface area contributed by atoms with Crippen molar-refractivity contribution < 1.29 is 17.6 Å². The summed E-state index contributed by atoms with van der Waals surface area (Å²) in [5, 5.41) is 0. The van der Waals surface area contributed by atoms with E-state index in [-0.39, 0.29) is 10.9 Å². The van der Waals surface area contributed by atoms with E-state index in [0.29, 0.717) is 24.6 Å². The van der Waals surface area contributed by atoms with Crippen LogP contribution in [0, 0.1) is 6.92 Å². The predicted octanol–water partition coefficient (Wildman–Crippen LogP) is 2.35. The van der Waals surface area contributed by atoms with Gasteiger partial charge in [0.05, 0.1) is 4.90 Å². The maximum Gasteiger partial charge on any atom is 0.240 e. The third kappa shape index (κ3) is 4.16. The van der Waals surface area contributed by atoms with Crippen LogP contribution in [0.2, 0.25) is 0 Å². The molecule has 1 N–H and O–H groups in total. The number of benzene rings is 1. The summed E-state index contributed by atoms with van der Waals surface area (Å²) in [6.45, 7) is 4.07. The van der Waals surface area contributed by atoms with Gasteiger partial charge in [0.15, 0.2) is 5.89 Å². The van der Waals surface area contributed by atoms with Crippen molar-refractivity contribution >= 4 is 10.0 Å². The van der Waals surface area contributed by atoms with E-state index in [1.807, 2.05) is 6.92 Å². The number of methoxy groups -OCH3 is 1. The highest BCUT2D eigenvalue weighted by atomic mass is 32.2. The van der Waals surface area contributed by atoms with E-state index in [1.165, 1.54) is 0 Å². The summed E-state index contributed by atoms with van der Waals surface area (Å²) in [5.41, 5.74) is 1.49. The molecule has 1 unspecified atom stereocenters. The summed E-state index contributed by atoms with van der Waals surface area (Å²) < 4.78 is 37.3. The Bertz CT molecular complexity index is 707. The van der Waals surface area contributed by atoms with Crippen molar-refractivity contribution in [3.05, 3.63) is 36.4 Å². The first-order valence-electron chi connectivity index (χ1n) is 6.96. The van der Waals surface area contributed by atoms with Gasteiger partial charge in [-0.2, -0.15) is 0 Å². The molecular weight excluding hydrogens is 304 g/mol. The number of aromatic nitrogens is 1. The fourth-order valence-electron chi connectivity index (χ4n) is 1.99. The zero-order valence-corrected chi connectivity index (χ0v) is 13.7. The molecule has 1 aromatic heterocycles. The van der Waals surface area contributed by atoms with Crippen molar-refractivity contribution in [1.29, 1.82) is 0 Å². The van der Waals surface area contributed by atoms with Gasteiger partial charge in [-0.15, -0.1) is 0 Å². The van der Waals surface area contributed by atoms with Crippen molar-refractivity contribution in [2.75, 3.05) is 13.7 Å². The molecule has 0 bridgehead atoms. The molecule has 0 spiro atoms. The predicted molar refractivity (Wildman–Crippen MR) is 83.0 cm³/mol. The number of hydrogen-bond donors (Lipinski definition) is 1. The third-order valence-corrected chi connectivity index (χ3v) is 4.80. The molecule has 0 radical (unpaired) electrons. The highest BCUT2D eigenvalue weighted by molar-refractivity contribution is 7.89. The first-order valence-corrected chi connectivity index (χ1v) is 8.44. The van der Waals surface area contributed by atoms with Crippen molar-refractivity contribution in [3.63, 3.8) is 0 Å². The molecule has 6 nitrogen and oxygen atoms in total. The molecule has 0 aliphatic heterocycles. The Morgan fingerprint density at radius 1 is 1.32 bits per heavy atom. The van der Waals surface area contributed by atoms with Crippen LogP contribution in [0.15, 0.2) is 39.8 Å². The highest BCUT2D eigenvalue weighted by Gasteiger charge is 2.17. The van der Waals surface area contributed by atoms with Crippen LogP contribution in [0.3, 0.4) is 0 Å². The topological polar surface area (TPSA) is 81.4 Å². The van der Waals surface area contributed by atoms with E-state index in [4.69, 9.17) is 9.15 Å². The monoisotopic (exact) mass is 324 g/mol. The molecule has 0 fully saturated rings. The Morgan fingerprint density at radius 2 is 2.00 bits per heavy atom. The molecule has 1 atom stereocenters. The standard InChI is InChI=1S/C15H20N2O4S/c1-11(8-9-20-3)17-22(18,19)14-6-4-13(5-7-14)15-10-21-12(2)16-15/h4-7,10-11,17H,8-9H2,1-3H3. The number of sulfonamides is 1. The van der Waals surface area contributed by atoms with Crippen LogP contribution in [0.4, 0.5) is 0 Å². The van der Waals surface area contributed by atoms with E-state index in [1.54, 1.807) is 44.6 Å². The van der Waals surface area contributed by atoms with Crippen molar-refractivity contribution in [2.24, 2.45) is 0 Å². The average molecular weight is 324 g/mol. The molecule has 2 rings (SSSR count). The van der Waals surface area contributed by atoms with E-state index >= 15 is 0 Å². The number of hydrogen-bond acceptors (Lipinski definition) is 5. The van der Waals surface area contributed by atoms with Crippen LogP contribution in [-0.2, 0) is 14.8 Å². The molecular formula is C15H20N2O4S. The van der Waals surface area contributed by atoms with E-state index in [2.05, 4.69) is 9.71 Å². The van der Waals surface area contributed by atoms with Gasteiger partial charge in [0.1, 0.15) is 12.0 Å². The van der Waals surface area contributed by atoms with Crippen molar-refractivity contribution in [3.8, 4) is 11.3 Å². The lowest BCUT2D eigenvalue weighted by atomic mass is 10.2. The second-order valence-corrected chi connectivity index (χ2v) is 6.79. The van der Waals surface area contributed by atoms with Gasteiger partial charge in [-0.1, -0.05) is 12.1 Å². The maximum atomic E-state index is 12.3. The molecule has 0 saturated carbocycles.